The summed E-state index contributed by atoms with van der Waals surface area (Å²) in [5, 5.41) is 3.59. The van der Waals surface area contributed by atoms with Crippen LogP contribution in [0.4, 0.5) is 15.9 Å². The number of rotatable bonds is 3. The summed E-state index contributed by atoms with van der Waals surface area (Å²) in [6, 6.07) is 4.83. The molecule has 1 aromatic heterocycles. The molecule has 0 radical (unpaired) electrons. The van der Waals surface area contributed by atoms with Crippen LogP contribution in [0.1, 0.15) is 30.1 Å². The Kier molecular flexibility index (Phi) is 3.65. The molecule has 1 aliphatic rings. The van der Waals surface area contributed by atoms with Gasteiger partial charge in [0, 0.05) is 17.7 Å². The molecule has 3 rings (SSSR count). The first kappa shape index (κ1) is 13.8. The lowest BCUT2D eigenvalue weighted by Gasteiger charge is -2.11. The second-order valence-electron chi connectivity index (χ2n) is 4.91. The van der Waals surface area contributed by atoms with Crippen LogP contribution in [0, 0.1) is 12.7 Å². The van der Waals surface area contributed by atoms with Gasteiger partial charge >= 0.3 is 0 Å². The normalized spacial score (nSPS) is 14.4. The van der Waals surface area contributed by atoms with Crippen LogP contribution in [-0.2, 0) is 0 Å². The molecule has 1 N–H and O–H groups in total. The summed E-state index contributed by atoms with van der Waals surface area (Å²) < 4.78 is 13.8. The maximum atomic E-state index is 13.4. The van der Waals surface area contributed by atoms with E-state index in [1.165, 1.54) is 6.07 Å². The molecule has 1 fully saturated rings. The number of aromatic nitrogens is 2. The van der Waals surface area contributed by atoms with Crippen molar-refractivity contribution in [2.24, 2.45) is 0 Å². The van der Waals surface area contributed by atoms with Crippen molar-refractivity contribution in [3.05, 3.63) is 45.0 Å². The Hall–Kier alpha value is -1.20. The first-order chi connectivity index (χ1) is 9.52. The van der Waals surface area contributed by atoms with Crippen LogP contribution in [0.25, 0.3) is 0 Å². The fourth-order valence-electron chi connectivity index (χ4n) is 1.94. The minimum Gasteiger partial charge on any atom is -0.340 e. The Balaban J connectivity index is 1.92. The Morgan fingerprint density at radius 2 is 2.05 bits per heavy atom. The van der Waals surface area contributed by atoms with E-state index in [4.69, 9.17) is 11.6 Å². The zero-order chi connectivity index (χ0) is 14.3. The van der Waals surface area contributed by atoms with Crippen LogP contribution in [0.2, 0.25) is 5.15 Å². The van der Waals surface area contributed by atoms with E-state index in [1.54, 1.807) is 12.1 Å². The molecular formula is C14H12BrClFN3. The molecule has 0 bridgehead atoms. The highest BCUT2D eigenvalue weighted by Gasteiger charge is 2.27. The molecule has 20 heavy (non-hydrogen) atoms. The highest BCUT2D eigenvalue weighted by atomic mass is 79.9. The topological polar surface area (TPSA) is 37.8 Å². The minimum absolute atomic E-state index is 0.285. The quantitative estimate of drug-likeness (QED) is 0.790. The predicted octanol–water partition coefficient (Wildman–Crippen LogP) is 4.96. The zero-order valence-electron chi connectivity index (χ0n) is 10.8. The molecule has 6 heteroatoms. The molecule has 3 nitrogen and oxygen atoms in total. The predicted molar refractivity (Wildman–Crippen MR) is 81.1 cm³/mol. The molecule has 0 amide bonds. The highest BCUT2D eigenvalue weighted by Crippen LogP contribution is 2.39. The molecular weight excluding hydrogens is 345 g/mol. The van der Waals surface area contributed by atoms with Crippen molar-refractivity contribution in [2.45, 2.75) is 25.7 Å². The van der Waals surface area contributed by atoms with Gasteiger partial charge in [-0.25, -0.2) is 14.4 Å². The first-order valence-electron chi connectivity index (χ1n) is 6.30. The van der Waals surface area contributed by atoms with Gasteiger partial charge in [0.15, 0.2) is 0 Å². The zero-order valence-corrected chi connectivity index (χ0v) is 13.1. The van der Waals surface area contributed by atoms with Crippen molar-refractivity contribution < 1.29 is 4.39 Å². The lowest BCUT2D eigenvalue weighted by Crippen LogP contribution is -2.01. The Morgan fingerprint density at radius 3 is 2.75 bits per heavy atom. The third-order valence-electron chi connectivity index (χ3n) is 3.18. The minimum atomic E-state index is -0.285. The third kappa shape index (κ3) is 2.94. The van der Waals surface area contributed by atoms with Crippen LogP contribution >= 0.6 is 27.5 Å². The van der Waals surface area contributed by atoms with Crippen molar-refractivity contribution in [2.75, 3.05) is 5.32 Å². The van der Waals surface area contributed by atoms with E-state index >= 15 is 0 Å². The molecule has 0 atom stereocenters. The summed E-state index contributed by atoms with van der Waals surface area (Å²) in [6.45, 7) is 1.84. The van der Waals surface area contributed by atoms with Crippen LogP contribution in [-0.4, -0.2) is 9.97 Å². The van der Waals surface area contributed by atoms with E-state index in [1.807, 2.05) is 6.92 Å². The Bertz CT molecular complexity index is 674. The van der Waals surface area contributed by atoms with Gasteiger partial charge in [0.25, 0.3) is 0 Å². The second kappa shape index (κ2) is 5.30. The average Bonchev–Trinajstić information content (AvgIpc) is 3.19. The van der Waals surface area contributed by atoms with Crippen LogP contribution in [0.15, 0.2) is 22.7 Å². The molecule has 1 aliphatic carbocycles. The summed E-state index contributed by atoms with van der Waals surface area (Å²) in [6.07, 6.45) is 2.22. The molecule has 0 saturated heterocycles. The van der Waals surface area contributed by atoms with Gasteiger partial charge in [0.05, 0.1) is 4.47 Å². The lowest BCUT2D eigenvalue weighted by molar-refractivity contribution is 0.620. The fraction of sp³-hybridized carbons (Fsp3) is 0.286. The number of benzene rings is 1. The fourth-order valence-corrected chi connectivity index (χ4v) is 2.48. The summed E-state index contributed by atoms with van der Waals surface area (Å²) in [5.74, 6) is 1.55. The molecule has 0 aliphatic heterocycles. The maximum absolute atomic E-state index is 13.4. The number of halogens is 3. The van der Waals surface area contributed by atoms with Crippen molar-refractivity contribution >= 4 is 39.0 Å². The van der Waals surface area contributed by atoms with Crippen molar-refractivity contribution in [3.8, 4) is 0 Å². The lowest BCUT2D eigenvalue weighted by atomic mass is 10.2. The van der Waals surface area contributed by atoms with Gasteiger partial charge in [-0.3, -0.25) is 0 Å². The number of nitrogens with zero attached hydrogens (tertiary/aromatic N) is 2. The van der Waals surface area contributed by atoms with E-state index in [9.17, 15) is 4.39 Å². The van der Waals surface area contributed by atoms with Gasteiger partial charge in [-0.15, -0.1) is 0 Å². The van der Waals surface area contributed by atoms with E-state index in [0.717, 1.165) is 29.9 Å². The van der Waals surface area contributed by atoms with Crippen molar-refractivity contribution in [1.82, 2.24) is 9.97 Å². The molecule has 0 unspecified atom stereocenters. The van der Waals surface area contributed by atoms with Crippen LogP contribution < -0.4 is 5.32 Å². The van der Waals surface area contributed by atoms with Gasteiger partial charge in [-0.1, -0.05) is 11.6 Å². The first-order valence-corrected chi connectivity index (χ1v) is 7.47. The SMILES string of the molecule is Cc1cc(F)c(Br)cc1Nc1cc(Cl)nc(C2CC2)n1. The standard InChI is InChI=1S/C14H12BrClFN3/c1-7-4-10(17)9(15)5-11(7)18-13-6-12(16)19-14(20-13)8-2-3-8/h4-6,8H,2-3H2,1H3,(H,18,19,20). The largest absolute Gasteiger partial charge is 0.340 e. The van der Waals surface area contributed by atoms with Crippen molar-refractivity contribution in [1.29, 1.82) is 0 Å². The van der Waals surface area contributed by atoms with Gasteiger partial charge in [-0.05, 0) is 53.4 Å². The van der Waals surface area contributed by atoms with Gasteiger partial charge < -0.3 is 5.32 Å². The van der Waals surface area contributed by atoms with Crippen LogP contribution in [0.5, 0.6) is 0 Å². The summed E-state index contributed by atoms with van der Waals surface area (Å²) in [4.78, 5) is 8.70. The third-order valence-corrected chi connectivity index (χ3v) is 3.99. The molecule has 104 valence electrons. The Morgan fingerprint density at radius 1 is 1.30 bits per heavy atom. The summed E-state index contributed by atoms with van der Waals surface area (Å²) >= 11 is 9.21. The molecule has 0 spiro atoms. The second-order valence-corrected chi connectivity index (χ2v) is 6.16. The van der Waals surface area contributed by atoms with Crippen molar-refractivity contribution in [3.63, 3.8) is 0 Å². The average molecular weight is 357 g/mol. The number of anilines is 2. The molecule has 1 heterocycles. The number of hydrogen-bond donors (Lipinski definition) is 1. The van der Waals surface area contributed by atoms with E-state index in [2.05, 4.69) is 31.2 Å². The van der Waals surface area contributed by atoms with E-state index < -0.39 is 0 Å². The van der Waals surface area contributed by atoms with Crippen LogP contribution in [0.3, 0.4) is 0 Å². The maximum Gasteiger partial charge on any atom is 0.137 e. The number of aryl methyl sites for hydroxylation is 1. The molecule has 1 aromatic carbocycles. The Labute approximate surface area is 129 Å². The monoisotopic (exact) mass is 355 g/mol. The van der Waals surface area contributed by atoms with Gasteiger partial charge in [0.1, 0.15) is 22.6 Å². The number of nitrogens with one attached hydrogen (secondary N) is 1. The summed E-state index contributed by atoms with van der Waals surface area (Å²) in [5.41, 5.74) is 1.59. The van der Waals surface area contributed by atoms with E-state index in [-0.39, 0.29) is 5.82 Å². The van der Waals surface area contributed by atoms with Gasteiger partial charge in [-0.2, -0.15) is 0 Å². The number of hydrogen-bond acceptors (Lipinski definition) is 3. The highest BCUT2D eigenvalue weighted by molar-refractivity contribution is 9.10. The molecule has 2 aromatic rings. The van der Waals surface area contributed by atoms with E-state index in [0.29, 0.717) is 21.4 Å². The molecule has 1 saturated carbocycles. The van der Waals surface area contributed by atoms with Gasteiger partial charge in [0.2, 0.25) is 0 Å². The summed E-state index contributed by atoms with van der Waals surface area (Å²) in [7, 11) is 0. The smallest absolute Gasteiger partial charge is 0.137 e.